The minimum absolute atomic E-state index is 0.00341. The van der Waals surface area contributed by atoms with Gasteiger partial charge < -0.3 is 18.8 Å². The first-order valence-electron chi connectivity index (χ1n) is 10.3. The second-order valence-corrected chi connectivity index (χ2v) is 8.68. The number of aryl methyl sites for hydroxylation is 1. The Morgan fingerprint density at radius 1 is 0.933 bits per heavy atom. The summed E-state index contributed by atoms with van der Waals surface area (Å²) in [6, 6.07) is 11.3. The van der Waals surface area contributed by atoms with Crippen LogP contribution in [-0.2, 0) is 22.2 Å². The van der Waals surface area contributed by atoms with Crippen molar-refractivity contribution in [3.63, 3.8) is 0 Å². The molecule has 0 aliphatic carbocycles. The molecule has 160 valence electrons. The van der Waals surface area contributed by atoms with Crippen LogP contribution in [-0.4, -0.2) is 38.3 Å². The van der Waals surface area contributed by atoms with Crippen LogP contribution in [0.25, 0.3) is 0 Å². The number of Topliss-reactive ketones (excluding diaryl/α,β-unsaturated/α-hetero) is 1. The lowest BCUT2D eigenvalue weighted by molar-refractivity contribution is 0.00578. The zero-order valence-electron chi connectivity index (χ0n) is 19.0. The highest BCUT2D eigenvalue weighted by molar-refractivity contribution is 6.62. The largest absolute Gasteiger partial charge is 0.497 e. The molecule has 0 aromatic heterocycles. The zero-order valence-corrected chi connectivity index (χ0v) is 19.0. The fourth-order valence-electron chi connectivity index (χ4n) is 3.52. The van der Waals surface area contributed by atoms with E-state index in [0.29, 0.717) is 17.1 Å². The third-order valence-electron chi connectivity index (χ3n) is 6.14. The number of hydrogen-bond acceptors (Lipinski definition) is 5. The van der Waals surface area contributed by atoms with Gasteiger partial charge in [-0.05, 0) is 62.8 Å². The Labute approximate surface area is 179 Å². The van der Waals surface area contributed by atoms with Crippen LogP contribution in [0.4, 0.5) is 0 Å². The molecule has 1 fully saturated rings. The van der Waals surface area contributed by atoms with E-state index in [1.54, 1.807) is 32.4 Å². The van der Waals surface area contributed by atoms with Crippen molar-refractivity contribution in [1.82, 2.24) is 0 Å². The van der Waals surface area contributed by atoms with Crippen molar-refractivity contribution in [3.8, 4) is 11.5 Å². The first kappa shape index (κ1) is 22.4. The molecule has 1 aliphatic rings. The van der Waals surface area contributed by atoms with Gasteiger partial charge in [0, 0.05) is 18.1 Å². The van der Waals surface area contributed by atoms with Crippen molar-refractivity contribution in [2.45, 2.75) is 58.7 Å². The highest BCUT2D eigenvalue weighted by atomic mass is 16.7. The summed E-state index contributed by atoms with van der Waals surface area (Å²) >= 11 is 0. The third kappa shape index (κ3) is 4.40. The molecular weight excluding hydrogens is 379 g/mol. The summed E-state index contributed by atoms with van der Waals surface area (Å²) in [5, 5.41) is 0. The second-order valence-electron chi connectivity index (χ2n) is 8.68. The van der Waals surface area contributed by atoms with Crippen LogP contribution >= 0.6 is 0 Å². The van der Waals surface area contributed by atoms with E-state index in [-0.39, 0.29) is 12.2 Å². The lowest BCUT2D eigenvalue weighted by Crippen LogP contribution is -2.41. The van der Waals surface area contributed by atoms with Gasteiger partial charge in [0.25, 0.3) is 0 Å². The number of carbonyl (C=O) groups is 1. The number of carbonyl (C=O) groups excluding carboxylic acids is 1. The molecule has 0 amide bonds. The van der Waals surface area contributed by atoms with Crippen molar-refractivity contribution in [2.24, 2.45) is 0 Å². The Morgan fingerprint density at radius 2 is 1.50 bits per heavy atom. The van der Waals surface area contributed by atoms with Crippen molar-refractivity contribution < 1.29 is 23.6 Å². The summed E-state index contributed by atoms with van der Waals surface area (Å²) in [5.74, 6) is 1.19. The van der Waals surface area contributed by atoms with Crippen molar-refractivity contribution in [3.05, 3.63) is 53.1 Å². The number of rotatable bonds is 7. The Kier molecular flexibility index (Phi) is 6.30. The summed E-state index contributed by atoms with van der Waals surface area (Å²) in [6.07, 6.45) is 1.13. The average molecular weight is 410 g/mol. The van der Waals surface area contributed by atoms with Gasteiger partial charge in [-0.25, -0.2) is 0 Å². The number of benzene rings is 2. The zero-order chi connectivity index (χ0) is 22.1. The van der Waals surface area contributed by atoms with Crippen LogP contribution in [0.2, 0.25) is 0 Å². The summed E-state index contributed by atoms with van der Waals surface area (Å²) in [6.45, 7) is 10.3. The van der Waals surface area contributed by atoms with E-state index in [4.69, 9.17) is 18.8 Å². The van der Waals surface area contributed by atoms with E-state index < -0.39 is 18.3 Å². The summed E-state index contributed by atoms with van der Waals surface area (Å²) in [5.41, 5.74) is 2.81. The number of methoxy groups -OCH3 is 2. The number of ether oxygens (including phenoxy) is 2. The van der Waals surface area contributed by atoms with Gasteiger partial charge in [-0.2, -0.15) is 0 Å². The van der Waals surface area contributed by atoms with Gasteiger partial charge in [0.15, 0.2) is 5.78 Å². The quantitative estimate of drug-likeness (QED) is 0.510. The summed E-state index contributed by atoms with van der Waals surface area (Å²) < 4.78 is 23.1. The molecule has 0 bridgehead atoms. The van der Waals surface area contributed by atoms with E-state index in [9.17, 15) is 4.79 Å². The average Bonchev–Trinajstić information content (AvgIpc) is 2.94. The Morgan fingerprint density at radius 3 is 2.00 bits per heavy atom. The molecule has 2 aromatic carbocycles. The lowest BCUT2D eigenvalue weighted by atomic mass is 9.74. The molecule has 2 aromatic rings. The van der Waals surface area contributed by atoms with Crippen LogP contribution < -0.4 is 14.9 Å². The van der Waals surface area contributed by atoms with Crippen molar-refractivity contribution in [1.29, 1.82) is 0 Å². The van der Waals surface area contributed by atoms with Crippen LogP contribution in [0.5, 0.6) is 11.5 Å². The van der Waals surface area contributed by atoms with E-state index in [1.165, 1.54) is 0 Å². The lowest BCUT2D eigenvalue weighted by Gasteiger charge is -2.32. The molecule has 0 N–H and O–H groups in total. The van der Waals surface area contributed by atoms with Gasteiger partial charge in [-0.1, -0.05) is 25.1 Å². The normalized spacial score (nSPS) is 17.1. The van der Waals surface area contributed by atoms with Crippen LogP contribution in [0, 0.1) is 0 Å². The SMILES string of the molecule is CCc1ccc(CC(=O)c2cc(OC)cc(OC)c2)cc1B1OC(C)(C)C(C)(C)O1. The number of hydrogen-bond donors (Lipinski definition) is 0. The van der Waals surface area contributed by atoms with Crippen LogP contribution in [0.3, 0.4) is 0 Å². The molecule has 5 nitrogen and oxygen atoms in total. The monoisotopic (exact) mass is 410 g/mol. The van der Waals surface area contributed by atoms with Gasteiger partial charge >= 0.3 is 7.12 Å². The summed E-state index contributed by atoms with van der Waals surface area (Å²) in [4.78, 5) is 13.0. The van der Waals surface area contributed by atoms with Gasteiger partial charge in [-0.3, -0.25) is 4.79 Å². The molecule has 30 heavy (non-hydrogen) atoms. The molecule has 0 atom stereocenters. The van der Waals surface area contributed by atoms with E-state index in [2.05, 4.69) is 13.0 Å². The molecule has 1 saturated heterocycles. The maximum atomic E-state index is 13.0. The van der Waals surface area contributed by atoms with Gasteiger partial charge in [0.2, 0.25) is 0 Å². The van der Waals surface area contributed by atoms with E-state index in [0.717, 1.165) is 23.0 Å². The molecule has 0 unspecified atom stereocenters. The molecule has 0 spiro atoms. The maximum Gasteiger partial charge on any atom is 0.495 e. The second kappa shape index (κ2) is 8.44. The molecular formula is C24H31BO5. The van der Waals surface area contributed by atoms with Crippen LogP contribution in [0.1, 0.15) is 56.1 Å². The standard InChI is InChI=1S/C24H31BO5/c1-8-17-10-9-16(11-21(17)25-29-23(2,3)24(4,5)30-25)12-22(26)18-13-19(27-6)15-20(14-18)28-7/h9-11,13-15H,8,12H2,1-7H3. The van der Waals surface area contributed by atoms with Crippen molar-refractivity contribution in [2.75, 3.05) is 14.2 Å². The fraction of sp³-hybridized carbons (Fsp3) is 0.458. The first-order chi connectivity index (χ1) is 14.1. The predicted molar refractivity (Wildman–Crippen MR) is 119 cm³/mol. The highest BCUT2D eigenvalue weighted by Gasteiger charge is 2.52. The fourth-order valence-corrected chi connectivity index (χ4v) is 3.52. The Bertz CT molecular complexity index is 897. The van der Waals surface area contributed by atoms with E-state index in [1.807, 2.05) is 39.8 Å². The van der Waals surface area contributed by atoms with Gasteiger partial charge in [0.05, 0.1) is 25.4 Å². The molecule has 6 heteroatoms. The maximum absolute atomic E-state index is 13.0. The molecule has 0 saturated carbocycles. The van der Waals surface area contributed by atoms with E-state index >= 15 is 0 Å². The highest BCUT2D eigenvalue weighted by Crippen LogP contribution is 2.36. The molecule has 1 aliphatic heterocycles. The predicted octanol–water partition coefficient (Wildman–Crippen LogP) is 3.99. The third-order valence-corrected chi connectivity index (χ3v) is 6.14. The topological polar surface area (TPSA) is 54.0 Å². The minimum Gasteiger partial charge on any atom is -0.497 e. The molecule has 3 rings (SSSR count). The summed E-state index contributed by atoms with van der Waals surface area (Å²) in [7, 11) is 2.70. The Balaban J connectivity index is 1.88. The van der Waals surface area contributed by atoms with Crippen molar-refractivity contribution >= 4 is 18.4 Å². The van der Waals surface area contributed by atoms with Crippen LogP contribution in [0.15, 0.2) is 36.4 Å². The minimum atomic E-state index is -0.447. The Hall–Kier alpha value is -2.31. The van der Waals surface area contributed by atoms with Gasteiger partial charge in [0.1, 0.15) is 11.5 Å². The van der Waals surface area contributed by atoms with Gasteiger partial charge in [-0.15, -0.1) is 0 Å². The first-order valence-corrected chi connectivity index (χ1v) is 10.3. The smallest absolute Gasteiger partial charge is 0.495 e. The molecule has 1 heterocycles. The number of ketones is 1. The molecule has 0 radical (unpaired) electrons.